The smallest absolute Gasteiger partial charge is 0.416 e. The van der Waals surface area contributed by atoms with Gasteiger partial charge in [0, 0.05) is 23.7 Å². The molecular weight excluding hydrogens is 481 g/mol. The van der Waals surface area contributed by atoms with Gasteiger partial charge in [0.15, 0.2) is 11.5 Å². The lowest BCUT2D eigenvalue weighted by atomic mass is 9.86. The minimum Gasteiger partial charge on any atom is -0.493 e. The van der Waals surface area contributed by atoms with Crippen molar-refractivity contribution in [1.82, 2.24) is 10.2 Å². The van der Waals surface area contributed by atoms with Gasteiger partial charge in [0.05, 0.1) is 19.8 Å². The molecule has 1 heterocycles. The van der Waals surface area contributed by atoms with Crippen molar-refractivity contribution < 1.29 is 31.6 Å². The molecule has 1 aliphatic heterocycles. The average molecular weight is 516 g/mol. The van der Waals surface area contributed by atoms with E-state index in [4.69, 9.17) is 13.6 Å². The molecule has 1 amide bonds. The minimum atomic E-state index is -4.42. The van der Waals surface area contributed by atoms with Crippen molar-refractivity contribution in [2.24, 2.45) is 0 Å². The van der Waals surface area contributed by atoms with Crippen LogP contribution in [-0.4, -0.2) is 38.5 Å². The van der Waals surface area contributed by atoms with Gasteiger partial charge in [0.2, 0.25) is 5.91 Å². The number of amides is 1. The predicted molar refractivity (Wildman–Crippen MR) is 136 cm³/mol. The lowest BCUT2D eigenvalue weighted by molar-refractivity contribution is -0.137. The first kappa shape index (κ1) is 22.7. The maximum atomic E-state index is 13.5. The summed E-state index contributed by atoms with van der Waals surface area (Å²) in [5.74, 6) is 0.413. The van der Waals surface area contributed by atoms with Crippen LogP contribution in [0.25, 0.3) is 0 Å². The fraction of sp³-hybridized carbons (Fsp3) is 0.345. The number of halogens is 3. The van der Waals surface area contributed by atoms with E-state index in [1.165, 1.54) is 19.2 Å². The van der Waals surface area contributed by atoms with Crippen molar-refractivity contribution in [2.45, 2.75) is 37.5 Å². The molecule has 0 saturated heterocycles. The fourth-order valence-electron chi connectivity index (χ4n) is 5.04. The highest BCUT2D eigenvalue weighted by Crippen LogP contribution is 2.43. The molecule has 0 spiro atoms. The van der Waals surface area contributed by atoms with Gasteiger partial charge in [-0.15, -0.1) is 0 Å². The van der Waals surface area contributed by atoms with Gasteiger partial charge in [0.1, 0.15) is 6.04 Å². The Labute approximate surface area is 219 Å². The molecule has 4 rings (SSSR count). The number of hydrogen-bond acceptors (Lipinski definition) is 4. The number of nitrogens with zero attached hydrogens (tertiary/aromatic N) is 1. The molecule has 5 nitrogen and oxygen atoms in total. The van der Waals surface area contributed by atoms with Gasteiger partial charge in [0.25, 0.3) is 0 Å². The number of fused-ring (bicyclic) bond motifs is 1. The molecule has 8 heteroatoms. The van der Waals surface area contributed by atoms with Crippen molar-refractivity contribution in [3.8, 4) is 11.5 Å². The summed E-state index contributed by atoms with van der Waals surface area (Å²) >= 11 is 0. The van der Waals surface area contributed by atoms with Crippen LogP contribution in [-0.2, 0) is 23.8 Å². The van der Waals surface area contributed by atoms with Crippen molar-refractivity contribution >= 4 is 5.91 Å². The summed E-state index contributed by atoms with van der Waals surface area (Å²) in [5, 5.41) is 2.16. The van der Waals surface area contributed by atoms with Crippen LogP contribution < -0.4 is 14.8 Å². The molecule has 196 valence electrons. The molecule has 0 aliphatic carbocycles. The number of aryl methyl sites for hydroxylation is 1. The third-order valence-corrected chi connectivity index (χ3v) is 6.85. The normalized spacial score (nSPS) is 18.1. The number of hydrogen-bond donors (Lipinski definition) is 1. The number of alkyl halides is 3. The van der Waals surface area contributed by atoms with E-state index in [-0.39, 0.29) is 6.04 Å². The van der Waals surface area contributed by atoms with Crippen LogP contribution in [0, 0.1) is 0 Å². The first-order chi connectivity index (χ1) is 18.9. The van der Waals surface area contributed by atoms with Crippen molar-refractivity contribution in [3.05, 3.63) is 94.5 Å². The highest BCUT2D eigenvalue weighted by atomic mass is 19.4. The highest BCUT2D eigenvalue weighted by Gasteiger charge is 2.37. The summed E-state index contributed by atoms with van der Waals surface area (Å²) in [4.78, 5) is 15.4. The Morgan fingerprint density at radius 2 is 1.76 bits per heavy atom. The van der Waals surface area contributed by atoms with Gasteiger partial charge >= 0.3 is 6.18 Å². The van der Waals surface area contributed by atoms with Crippen LogP contribution in [0.15, 0.2) is 66.7 Å². The molecule has 2 atom stereocenters. The summed E-state index contributed by atoms with van der Waals surface area (Å²) < 4.78 is 73.2. The summed E-state index contributed by atoms with van der Waals surface area (Å²) in [6, 6.07) is 16.5. The molecular formula is C29H31F3N2O3. The predicted octanol–water partition coefficient (Wildman–Crippen LogP) is 5.74. The maximum absolute atomic E-state index is 13.5. The van der Waals surface area contributed by atoms with E-state index in [0.29, 0.717) is 48.4 Å². The van der Waals surface area contributed by atoms with Crippen LogP contribution in [0.1, 0.15) is 50.4 Å². The topological polar surface area (TPSA) is 50.8 Å². The number of benzene rings is 3. The molecule has 1 aliphatic rings. The Kier molecular flexibility index (Phi) is 6.89. The molecule has 0 fully saturated rings. The number of likely N-dealkylation sites (N-methyl/N-ethyl adjacent to an activating group) is 1. The van der Waals surface area contributed by atoms with Crippen molar-refractivity contribution in [3.63, 3.8) is 0 Å². The largest absolute Gasteiger partial charge is 0.493 e. The molecule has 0 unspecified atom stereocenters. The van der Waals surface area contributed by atoms with Crippen LogP contribution in [0.2, 0.25) is 0 Å². The zero-order valence-electron chi connectivity index (χ0n) is 23.6. The first-order valence-corrected chi connectivity index (χ1v) is 11.9. The number of ether oxygens (including phenoxy) is 2. The molecule has 0 radical (unpaired) electrons. The molecule has 0 saturated carbocycles. The maximum Gasteiger partial charge on any atom is 0.416 e. The van der Waals surface area contributed by atoms with Crippen molar-refractivity contribution in [2.75, 3.05) is 27.7 Å². The SMILES string of the molecule is [2H]C([2H])([2H])NC(=O)[C@@H](c1ccccc1)N1CCc2cc(OC)c(OC)cc2[C@@H]1CCc1ccc(C(F)(F)F)cc1. The summed E-state index contributed by atoms with van der Waals surface area (Å²) in [6.45, 7) is -2.24. The van der Waals surface area contributed by atoms with Gasteiger partial charge in [-0.05, 0) is 65.8 Å². The van der Waals surface area contributed by atoms with Gasteiger partial charge in [-0.25, -0.2) is 0 Å². The number of carbonyl (C=O) groups is 1. The quantitative estimate of drug-likeness (QED) is 0.416. The van der Waals surface area contributed by atoms with Gasteiger partial charge in [-0.3, -0.25) is 9.69 Å². The number of nitrogens with one attached hydrogen (secondary N) is 1. The zero-order valence-corrected chi connectivity index (χ0v) is 20.6. The fourth-order valence-corrected chi connectivity index (χ4v) is 5.04. The lowest BCUT2D eigenvalue weighted by Crippen LogP contribution is -2.44. The van der Waals surface area contributed by atoms with E-state index in [0.717, 1.165) is 23.3 Å². The first-order valence-electron chi connectivity index (χ1n) is 13.4. The minimum absolute atomic E-state index is 0.376. The van der Waals surface area contributed by atoms with Gasteiger partial charge in [-0.1, -0.05) is 42.5 Å². The van der Waals surface area contributed by atoms with Crippen LogP contribution in [0.5, 0.6) is 11.5 Å². The summed E-state index contributed by atoms with van der Waals surface area (Å²) in [7, 11) is 3.07. The van der Waals surface area contributed by atoms with Crippen LogP contribution in [0.3, 0.4) is 0 Å². The number of carbonyl (C=O) groups excluding carboxylic acids is 1. The Morgan fingerprint density at radius 3 is 2.38 bits per heavy atom. The van der Waals surface area contributed by atoms with E-state index < -0.39 is 30.7 Å². The highest BCUT2D eigenvalue weighted by molar-refractivity contribution is 5.83. The van der Waals surface area contributed by atoms with Gasteiger partial charge < -0.3 is 14.8 Å². The second-order valence-electron chi connectivity index (χ2n) is 8.95. The average Bonchev–Trinajstić information content (AvgIpc) is 2.91. The standard InChI is InChI=1S/C29H31F3N2O3/c1-33-28(35)27(20-7-5-4-6-8-20)34-16-15-21-17-25(36-2)26(37-3)18-23(21)24(34)14-11-19-9-12-22(13-10-19)29(30,31)32/h4-10,12-13,17-18,24,27H,11,14-16H2,1-3H3,(H,33,35)/t24-,27+/m0/s1/i1D3. The molecule has 0 bridgehead atoms. The van der Waals surface area contributed by atoms with Gasteiger partial charge in [-0.2, -0.15) is 13.2 Å². The Hall–Kier alpha value is -3.52. The van der Waals surface area contributed by atoms with E-state index >= 15 is 0 Å². The molecule has 0 aromatic heterocycles. The second-order valence-corrected chi connectivity index (χ2v) is 8.95. The second kappa shape index (κ2) is 11.3. The Bertz CT molecular complexity index is 1320. The lowest BCUT2D eigenvalue weighted by Gasteiger charge is -2.42. The molecule has 37 heavy (non-hydrogen) atoms. The number of rotatable bonds is 8. The Morgan fingerprint density at radius 1 is 1.08 bits per heavy atom. The Balaban J connectivity index is 1.76. The third kappa shape index (κ3) is 5.74. The third-order valence-electron chi connectivity index (χ3n) is 6.85. The van der Waals surface area contributed by atoms with Crippen molar-refractivity contribution in [1.29, 1.82) is 0 Å². The van der Waals surface area contributed by atoms with E-state index in [9.17, 15) is 18.0 Å². The van der Waals surface area contributed by atoms with Crippen LogP contribution in [0.4, 0.5) is 13.2 Å². The van der Waals surface area contributed by atoms with Crippen LogP contribution >= 0.6 is 0 Å². The number of methoxy groups -OCH3 is 2. The monoisotopic (exact) mass is 515 g/mol. The van der Waals surface area contributed by atoms with E-state index in [2.05, 4.69) is 5.32 Å². The molecule has 1 N–H and O–H groups in total. The van der Waals surface area contributed by atoms with E-state index in [1.807, 2.05) is 23.1 Å². The summed E-state index contributed by atoms with van der Waals surface area (Å²) in [5.41, 5.74) is 2.51. The molecule has 3 aromatic carbocycles. The summed E-state index contributed by atoms with van der Waals surface area (Å²) in [6.07, 6.45) is -2.98. The van der Waals surface area contributed by atoms with E-state index in [1.54, 1.807) is 31.4 Å². The molecule has 3 aromatic rings. The zero-order chi connectivity index (χ0) is 29.1.